The topological polar surface area (TPSA) is 152 Å². The van der Waals surface area contributed by atoms with Crippen LogP contribution in [0.5, 0.6) is 5.75 Å². The predicted octanol–water partition coefficient (Wildman–Crippen LogP) is 6.95. The van der Waals surface area contributed by atoms with Gasteiger partial charge in [0.25, 0.3) is 5.91 Å². The Morgan fingerprint density at radius 1 is 0.797 bits per heavy atom. The first-order chi connectivity index (χ1) is 28.7. The lowest BCUT2D eigenvalue weighted by Gasteiger charge is -2.33. The number of carbonyl (C=O) groups is 2. The van der Waals surface area contributed by atoms with Crippen LogP contribution in [0, 0.1) is 5.92 Å². The Balaban J connectivity index is 0.900. The minimum absolute atomic E-state index is 0.0465. The number of likely N-dealkylation sites (tertiary alicyclic amines) is 1. The molecule has 7 rings (SSSR count). The summed E-state index contributed by atoms with van der Waals surface area (Å²) in [6.45, 7) is 3.33. The number of ether oxygens (including phenoxy) is 1. The second kappa shape index (κ2) is 19.1. The van der Waals surface area contributed by atoms with Gasteiger partial charge in [-0.15, -0.1) is 0 Å². The molecule has 0 radical (unpaired) electrons. The number of phenols is 1. The van der Waals surface area contributed by atoms with Gasteiger partial charge in [0.2, 0.25) is 11.2 Å². The molecule has 10 nitrogen and oxygen atoms in total. The van der Waals surface area contributed by atoms with Crippen molar-refractivity contribution in [3.8, 4) is 5.75 Å². The smallest absolute Gasteiger partial charge is 0.347 e. The molecule has 0 saturated carbocycles. The Morgan fingerprint density at radius 2 is 1.49 bits per heavy atom. The van der Waals surface area contributed by atoms with E-state index >= 15 is 0 Å². The van der Waals surface area contributed by atoms with E-state index in [-0.39, 0.29) is 29.7 Å². The molecule has 0 aliphatic carbocycles. The number of aromatic amines is 1. The molecule has 0 bridgehead atoms. The number of aryl methyl sites for hydroxylation is 1. The number of aliphatic hydroxyl groups excluding tert-OH is 1. The van der Waals surface area contributed by atoms with Gasteiger partial charge in [-0.25, -0.2) is 4.79 Å². The lowest BCUT2D eigenvalue weighted by Crippen LogP contribution is -2.40. The number of nitrogens with one attached hydrogen (secondary N) is 2. The van der Waals surface area contributed by atoms with Gasteiger partial charge in [-0.2, -0.15) is 0 Å². The number of phenolic OH excluding ortho intramolecular Hbond substituents is 1. The maximum absolute atomic E-state index is 13.9. The molecule has 0 spiro atoms. The second-order valence-corrected chi connectivity index (χ2v) is 15.5. The van der Waals surface area contributed by atoms with E-state index in [9.17, 15) is 29.7 Å². The summed E-state index contributed by atoms with van der Waals surface area (Å²) in [6.07, 6.45) is 3.37. The first-order valence-electron chi connectivity index (χ1n) is 20.4. The van der Waals surface area contributed by atoms with Crippen LogP contribution in [0.1, 0.15) is 75.5 Å². The third-order valence-electron chi connectivity index (χ3n) is 11.4. The Kier molecular flexibility index (Phi) is 13.3. The number of carbonyl (C=O) groups excluding carboxylic acids is 2. The maximum Gasteiger partial charge on any atom is 0.347 e. The molecule has 5 aromatic carbocycles. The van der Waals surface area contributed by atoms with Crippen molar-refractivity contribution in [3.63, 3.8) is 0 Å². The van der Waals surface area contributed by atoms with Crippen molar-refractivity contribution in [2.45, 2.75) is 56.8 Å². The molecule has 59 heavy (non-hydrogen) atoms. The fraction of sp³-hybridized carbons (Fsp3) is 0.286. The molecular weight excluding hydrogens is 743 g/mol. The van der Waals surface area contributed by atoms with E-state index < -0.39 is 17.7 Å². The first kappa shape index (κ1) is 41.1. The van der Waals surface area contributed by atoms with Gasteiger partial charge in [-0.3, -0.25) is 14.5 Å². The van der Waals surface area contributed by atoms with Gasteiger partial charge in [0, 0.05) is 30.1 Å². The van der Waals surface area contributed by atoms with Gasteiger partial charge in [-0.1, -0.05) is 103 Å². The third-order valence-corrected chi connectivity index (χ3v) is 11.4. The SMILES string of the molecule is O=C(NCCc1cccc(C(O)(C(=O)OCC2CCN(Cc3ccccc3)CC2)c2ccccc2)c1)c1ccc(CCC[C@@H](O)c2ccc(O)c3[nH]c(=O)ccc23)cc1. The average molecular weight is 794 g/mol. The van der Waals surface area contributed by atoms with Crippen molar-refractivity contribution in [1.82, 2.24) is 15.2 Å². The quantitative estimate of drug-likeness (QED) is 0.0661. The summed E-state index contributed by atoms with van der Waals surface area (Å²) in [5.74, 6) is -0.749. The number of pyridine rings is 1. The van der Waals surface area contributed by atoms with Gasteiger partial charge in [0.15, 0.2) is 0 Å². The van der Waals surface area contributed by atoms with Crippen molar-refractivity contribution in [1.29, 1.82) is 0 Å². The monoisotopic (exact) mass is 793 g/mol. The minimum Gasteiger partial charge on any atom is -0.506 e. The summed E-state index contributed by atoms with van der Waals surface area (Å²) in [4.78, 5) is 43.7. The Labute approximate surface area is 344 Å². The molecule has 1 amide bonds. The van der Waals surface area contributed by atoms with Crippen LogP contribution in [0.3, 0.4) is 0 Å². The van der Waals surface area contributed by atoms with Gasteiger partial charge in [0.05, 0.1) is 18.2 Å². The molecule has 10 heteroatoms. The van der Waals surface area contributed by atoms with Crippen LogP contribution in [0.15, 0.2) is 138 Å². The van der Waals surface area contributed by atoms with Crippen molar-refractivity contribution < 1.29 is 29.6 Å². The second-order valence-electron chi connectivity index (χ2n) is 15.5. The number of amides is 1. The Bertz CT molecular complexity index is 2390. The molecule has 1 aliphatic heterocycles. The van der Waals surface area contributed by atoms with Crippen LogP contribution in [0.4, 0.5) is 0 Å². The number of benzene rings is 5. The fourth-order valence-electron chi connectivity index (χ4n) is 7.93. The van der Waals surface area contributed by atoms with E-state index in [1.54, 1.807) is 60.7 Å². The van der Waals surface area contributed by atoms with Crippen LogP contribution in [0.2, 0.25) is 0 Å². The number of aliphatic hydroxyl groups is 2. The van der Waals surface area contributed by atoms with E-state index in [4.69, 9.17) is 4.74 Å². The number of aromatic hydroxyl groups is 1. The molecule has 1 aliphatic rings. The number of fused-ring (bicyclic) bond motifs is 1. The highest BCUT2D eigenvalue weighted by atomic mass is 16.5. The zero-order chi connectivity index (χ0) is 41.2. The van der Waals surface area contributed by atoms with E-state index in [2.05, 4.69) is 39.5 Å². The Morgan fingerprint density at radius 3 is 2.24 bits per heavy atom. The van der Waals surface area contributed by atoms with Crippen LogP contribution < -0.4 is 10.9 Å². The van der Waals surface area contributed by atoms with Crippen LogP contribution >= 0.6 is 0 Å². The van der Waals surface area contributed by atoms with E-state index in [1.165, 1.54) is 17.7 Å². The molecule has 1 saturated heterocycles. The zero-order valence-electron chi connectivity index (χ0n) is 33.1. The Hall–Kier alpha value is -6.07. The van der Waals surface area contributed by atoms with Gasteiger partial charge in [-0.05, 0) is 115 Å². The lowest BCUT2D eigenvalue weighted by atomic mass is 9.85. The summed E-state index contributed by atoms with van der Waals surface area (Å²) in [5.41, 5.74) is 3.13. The normalized spacial score (nSPS) is 15.0. The molecular formula is C49H51N3O7. The lowest BCUT2D eigenvalue weighted by molar-refractivity contribution is -0.164. The van der Waals surface area contributed by atoms with E-state index in [0.29, 0.717) is 65.4 Å². The number of piperidine rings is 1. The molecule has 2 heterocycles. The number of hydrogen-bond donors (Lipinski definition) is 5. The van der Waals surface area contributed by atoms with Crippen LogP contribution in [0.25, 0.3) is 10.9 Å². The van der Waals surface area contributed by atoms with Gasteiger partial charge in [0.1, 0.15) is 5.75 Å². The summed E-state index contributed by atoms with van der Waals surface area (Å²) in [5, 5.41) is 36.8. The molecule has 6 aromatic rings. The predicted molar refractivity (Wildman–Crippen MR) is 228 cm³/mol. The summed E-state index contributed by atoms with van der Waals surface area (Å²) in [6, 6.07) is 40.1. The van der Waals surface area contributed by atoms with Crippen molar-refractivity contribution >= 4 is 22.8 Å². The summed E-state index contributed by atoms with van der Waals surface area (Å²) in [7, 11) is 0. The van der Waals surface area contributed by atoms with E-state index in [0.717, 1.165) is 43.6 Å². The van der Waals surface area contributed by atoms with Gasteiger partial charge < -0.3 is 30.4 Å². The summed E-state index contributed by atoms with van der Waals surface area (Å²) < 4.78 is 5.90. The number of rotatable bonds is 16. The van der Waals surface area contributed by atoms with Crippen LogP contribution in [-0.4, -0.2) is 63.3 Å². The van der Waals surface area contributed by atoms with Crippen molar-refractivity contribution in [2.75, 3.05) is 26.2 Å². The highest BCUT2D eigenvalue weighted by Gasteiger charge is 2.42. The van der Waals surface area contributed by atoms with Crippen LogP contribution in [-0.2, 0) is 34.5 Å². The maximum atomic E-state index is 13.9. The number of H-pyrrole nitrogens is 1. The van der Waals surface area contributed by atoms with Gasteiger partial charge >= 0.3 is 5.97 Å². The van der Waals surface area contributed by atoms with Crippen molar-refractivity contribution in [3.05, 3.63) is 183 Å². The third kappa shape index (κ3) is 10.2. The zero-order valence-corrected chi connectivity index (χ0v) is 33.1. The molecule has 1 fully saturated rings. The molecule has 1 unspecified atom stereocenters. The summed E-state index contributed by atoms with van der Waals surface area (Å²) >= 11 is 0. The number of nitrogens with zero attached hydrogens (tertiary/aromatic N) is 1. The number of aromatic nitrogens is 1. The van der Waals surface area contributed by atoms with Crippen molar-refractivity contribution in [2.24, 2.45) is 5.92 Å². The highest BCUT2D eigenvalue weighted by Crippen LogP contribution is 2.33. The molecule has 304 valence electrons. The number of esters is 1. The standard InChI is InChI=1S/C49H51N3O7/c53-43(41-21-23-44(54)46-42(41)22-24-45(55)51-46)16-8-11-34-17-19-38(20-18-34)47(56)50-28-25-35-12-7-15-40(31-35)49(58,39-13-5-2-6-14-39)48(57)59-33-37-26-29-52(30-27-37)32-36-9-3-1-4-10-36/h1-7,9-10,12-15,17-24,31,37,43,53-54,58H,8,11,16,25-30,32-33H2,(H,50,56)(H,51,55)/t43-,49?/m1/s1. The molecule has 1 aromatic heterocycles. The molecule has 5 N–H and O–H groups in total. The minimum atomic E-state index is -2.00. The fourth-order valence-corrected chi connectivity index (χ4v) is 7.93. The molecule has 2 atom stereocenters. The number of hydrogen-bond acceptors (Lipinski definition) is 8. The largest absolute Gasteiger partial charge is 0.506 e. The highest BCUT2D eigenvalue weighted by molar-refractivity contribution is 5.94. The first-order valence-corrected chi connectivity index (χ1v) is 20.4. The van der Waals surface area contributed by atoms with E-state index in [1.807, 2.05) is 36.4 Å². The average Bonchev–Trinajstić information content (AvgIpc) is 3.27.